The molecule has 0 amide bonds. The Morgan fingerprint density at radius 3 is 2.53 bits per heavy atom. The van der Waals surface area contributed by atoms with Gasteiger partial charge in [-0.2, -0.15) is 0 Å². The van der Waals surface area contributed by atoms with Crippen molar-refractivity contribution in [2.24, 2.45) is 0 Å². The number of imidazole rings is 1. The highest BCUT2D eigenvalue weighted by Gasteiger charge is 2.25. The van der Waals surface area contributed by atoms with Gasteiger partial charge in [0, 0.05) is 13.0 Å². The number of hydrogen-bond acceptors (Lipinski definition) is 5. The summed E-state index contributed by atoms with van der Waals surface area (Å²) in [5.41, 5.74) is 5.80. The average molecular weight is 269 g/mol. The van der Waals surface area contributed by atoms with E-state index in [1.807, 2.05) is 32.3 Å². The topological polar surface area (TPSA) is 79.4 Å². The summed E-state index contributed by atoms with van der Waals surface area (Å²) in [5.74, 6) is 0.572. The molecule has 0 spiro atoms. The predicted molar refractivity (Wildman–Crippen MR) is 73.1 cm³/mol. The minimum Gasteiger partial charge on any atom is -0.464 e. The van der Waals surface area contributed by atoms with Gasteiger partial charge in [-0.25, -0.2) is 9.78 Å². The van der Waals surface area contributed by atoms with E-state index in [1.54, 1.807) is 0 Å². The lowest BCUT2D eigenvalue weighted by Crippen LogP contribution is -2.31. The number of aryl methyl sites for hydroxylation is 1. The van der Waals surface area contributed by atoms with Gasteiger partial charge >= 0.3 is 5.97 Å². The van der Waals surface area contributed by atoms with Crippen LogP contribution in [0.1, 0.15) is 44.0 Å². The maximum absolute atomic E-state index is 11.6. The fourth-order valence-electron chi connectivity index (χ4n) is 2.02. The van der Waals surface area contributed by atoms with Crippen LogP contribution in [-0.2, 0) is 22.4 Å². The molecule has 1 aromatic heterocycles. The first-order chi connectivity index (χ1) is 8.86. The third-order valence-electron chi connectivity index (χ3n) is 2.85. The Morgan fingerprint density at radius 1 is 1.42 bits per heavy atom. The zero-order valence-electron chi connectivity index (χ0n) is 12.3. The monoisotopic (exact) mass is 269 g/mol. The second kappa shape index (κ2) is 6.06. The van der Waals surface area contributed by atoms with Crippen LogP contribution in [0.3, 0.4) is 0 Å². The first-order valence-electron chi connectivity index (χ1n) is 6.43. The molecule has 1 aromatic rings. The van der Waals surface area contributed by atoms with E-state index in [0.717, 1.165) is 5.82 Å². The van der Waals surface area contributed by atoms with Crippen LogP contribution < -0.4 is 5.73 Å². The molecule has 19 heavy (non-hydrogen) atoms. The summed E-state index contributed by atoms with van der Waals surface area (Å²) in [7, 11) is 1.32. The van der Waals surface area contributed by atoms with E-state index in [9.17, 15) is 4.79 Å². The number of ether oxygens (including phenoxy) is 2. The maximum Gasteiger partial charge on any atom is 0.360 e. The number of carbonyl (C=O) groups excluding carboxylic acids is 1. The SMILES string of the molecule is CCOC(C)(C)Cn1c(CC)nc(C(=O)OC)c1N. The van der Waals surface area contributed by atoms with Gasteiger partial charge in [0.25, 0.3) is 0 Å². The number of esters is 1. The van der Waals surface area contributed by atoms with Gasteiger partial charge in [0.15, 0.2) is 5.69 Å². The number of rotatable bonds is 6. The average Bonchev–Trinajstić information content (AvgIpc) is 2.65. The van der Waals surface area contributed by atoms with Crippen molar-refractivity contribution in [3.8, 4) is 0 Å². The van der Waals surface area contributed by atoms with E-state index in [2.05, 4.69) is 9.72 Å². The van der Waals surface area contributed by atoms with Gasteiger partial charge in [0.2, 0.25) is 0 Å². The highest BCUT2D eigenvalue weighted by molar-refractivity contribution is 5.92. The molecular formula is C13H23N3O3. The van der Waals surface area contributed by atoms with Crippen molar-refractivity contribution >= 4 is 11.8 Å². The fraction of sp³-hybridized carbons (Fsp3) is 0.692. The molecule has 0 bridgehead atoms. The largest absolute Gasteiger partial charge is 0.464 e. The van der Waals surface area contributed by atoms with Crippen LogP contribution in [0.5, 0.6) is 0 Å². The van der Waals surface area contributed by atoms with E-state index in [0.29, 0.717) is 25.4 Å². The van der Waals surface area contributed by atoms with Crippen LogP contribution in [0.4, 0.5) is 5.82 Å². The molecule has 0 aromatic carbocycles. The summed E-state index contributed by atoms with van der Waals surface area (Å²) in [6, 6.07) is 0. The molecule has 1 rings (SSSR count). The Bertz CT molecular complexity index is 452. The van der Waals surface area contributed by atoms with E-state index in [-0.39, 0.29) is 11.3 Å². The van der Waals surface area contributed by atoms with Crippen LogP contribution in [0, 0.1) is 0 Å². The minimum absolute atomic E-state index is 0.173. The summed E-state index contributed by atoms with van der Waals surface area (Å²) in [6.45, 7) is 9.03. The van der Waals surface area contributed by atoms with Gasteiger partial charge in [-0.3, -0.25) is 0 Å². The number of anilines is 1. The number of methoxy groups -OCH3 is 1. The van der Waals surface area contributed by atoms with Crippen LogP contribution in [0.25, 0.3) is 0 Å². The molecule has 0 aliphatic heterocycles. The summed E-state index contributed by atoms with van der Waals surface area (Å²) in [5, 5.41) is 0. The standard InChI is InChI=1S/C13H23N3O3/c1-6-9-15-10(12(17)18-5)11(14)16(9)8-13(3,4)19-7-2/h6-8,14H2,1-5H3. The van der Waals surface area contributed by atoms with E-state index < -0.39 is 5.97 Å². The van der Waals surface area contributed by atoms with Crippen LogP contribution in [0.15, 0.2) is 0 Å². The predicted octanol–water partition coefficient (Wildman–Crippen LogP) is 1.63. The van der Waals surface area contributed by atoms with E-state index in [4.69, 9.17) is 10.5 Å². The molecule has 0 aliphatic carbocycles. The quantitative estimate of drug-likeness (QED) is 0.794. The lowest BCUT2D eigenvalue weighted by Gasteiger charge is -2.26. The summed E-state index contributed by atoms with van der Waals surface area (Å²) in [4.78, 5) is 15.8. The van der Waals surface area contributed by atoms with E-state index in [1.165, 1.54) is 7.11 Å². The zero-order valence-corrected chi connectivity index (χ0v) is 12.3. The molecule has 0 atom stereocenters. The minimum atomic E-state index is -0.514. The molecule has 0 saturated carbocycles. The second-order valence-corrected chi connectivity index (χ2v) is 4.89. The lowest BCUT2D eigenvalue weighted by atomic mass is 10.1. The van der Waals surface area contributed by atoms with Crippen molar-refractivity contribution < 1.29 is 14.3 Å². The maximum atomic E-state index is 11.6. The van der Waals surface area contributed by atoms with Crippen molar-refractivity contribution in [1.29, 1.82) is 0 Å². The molecule has 0 unspecified atom stereocenters. The molecule has 6 nitrogen and oxygen atoms in total. The van der Waals surface area contributed by atoms with Gasteiger partial charge < -0.3 is 19.8 Å². The van der Waals surface area contributed by atoms with Crippen molar-refractivity contribution in [2.75, 3.05) is 19.5 Å². The molecule has 0 aliphatic rings. The molecule has 0 saturated heterocycles. The van der Waals surface area contributed by atoms with Crippen LogP contribution in [-0.4, -0.2) is 34.8 Å². The van der Waals surface area contributed by atoms with Crippen LogP contribution in [0.2, 0.25) is 0 Å². The Morgan fingerprint density at radius 2 is 2.05 bits per heavy atom. The smallest absolute Gasteiger partial charge is 0.360 e. The zero-order chi connectivity index (χ0) is 14.6. The fourth-order valence-corrected chi connectivity index (χ4v) is 2.02. The van der Waals surface area contributed by atoms with Gasteiger partial charge in [-0.1, -0.05) is 6.92 Å². The normalized spacial score (nSPS) is 11.6. The van der Waals surface area contributed by atoms with Gasteiger partial charge in [0.05, 0.1) is 19.3 Å². The number of nitrogens with zero attached hydrogens (tertiary/aromatic N) is 2. The lowest BCUT2D eigenvalue weighted by molar-refractivity contribution is -0.0225. The number of hydrogen-bond donors (Lipinski definition) is 1. The molecule has 108 valence electrons. The number of aromatic nitrogens is 2. The van der Waals surface area contributed by atoms with E-state index >= 15 is 0 Å². The van der Waals surface area contributed by atoms with Crippen molar-refractivity contribution in [1.82, 2.24) is 9.55 Å². The first-order valence-corrected chi connectivity index (χ1v) is 6.43. The molecule has 0 fully saturated rings. The molecule has 0 radical (unpaired) electrons. The summed E-state index contributed by atoms with van der Waals surface area (Å²) < 4.78 is 12.2. The third kappa shape index (κ3) is 3.47. The second-order valence-electron chi connectivity index (χ2n) is 4.89. The summed E-state index contributed by atoms with van der Waals surface area (Å²) >= 11 is 0. The Labute approximate surface area is 113 Å². The summed E-state index contributed by atoms with van der Waals surface area (Å²) in [6.07, 6.45) is 0.684. The molecule has 1 heterocycles. The Hall–Kier alpha value is -1.56. The molecule has 2 N–H and O–H groups in total. The Balaban J connectivity index is 3.12. The first kappa shape index (κ1) is 15.5. The van der Waals surface area contributed by atoms with Gasteiger partial charge in [-0.05, 0) is 20.8 Å². The number of carbonyl (C=O) groups is 1. The molecular weight excluding hydrogens is 246 g/mol. The van der Waals surface area contributed by atoms with Gasteiger partial charge in [-0.15, -0.1) is 0 Å². The number of nitrogen functional groups attached to an aromatic ring is 1. The number of nitrogens with two attached hydrogens (primary N) is 1. The van der Waals surface area contributed by atoms with Crippen LogP contribution >= 0.6 is 0 Å². The third-order valence-corrected chi connectivity index (χ3v) is 2.85. The van der Waals surface area contributed by atoms with Gasteiger partial charge in [0.1, 0.15) is 11.6 Å². The highest BCUT2D eigenvalue weighted by atomic mass is 16.5. The van der Waals surface area contributed by atoms with Crippen molar-refractivity contribution in [2.45, 2.75) is 46.3 Å². The molecule has 6 heteroatoms. The van der Waals surface area contributed by atoms with Crippen molar-refractivity contribution in [3.05, 3.63) is 11.5 Å². The van der Waals surface area contributed by atoms with Crippen molar-refractivity contribution in [3.63, 3.8) is 0 Å². The highest BCUT2D eigenvalue weighted by Crippen LogP contribution is 2.21. The Kier molecular flexibility index (Phi) is 4.94.